The fourth-order valence-electron chi connectivity index (χ4n) is 2.27. The molecule has 1 nitrogen and oxygen atoms in total. The van der Waals surface area contributed by atoms with Gasteiger partial charge in [0, 0.05) is 5.22 Å². The molecule has 0 heterocycles. The summed E-state index contributed by atoms with van der Waals surface area (Å²) in [5, 5.41) is 2.62. The minimum Gasteiger partial charge on any atom is -0.543 e. The number of hydrogen-bond donors (Lipinski definition) is 0. The van der Waals surface area contributed by atoms with Crippen LogP contribution in [-0.4, -0.2) is 8.32 Å². The Kier molecular flexibility index (Phi) is 3.19. The van der Waals surface area contributed by atoms with Gasteiger partial charge in [0.25, 0.3) is 8.32 Å². The van der Waals surface area contributed by atoms with Gasteiger partial charge in [-0.15, -0.1) is 0 Å². The second-order valence-corrected chi connectivity index (χ2v) is 9.13. The monoisotopic (exact) mass is 232 g/mol. The van der Waals surface area contributed by atoms with Crippen LogP contribution in [0.2, 0.25) is 18.1 Å². The first-order valence-corrected chi connectivity index (χ1v) is 8.77. The van der Waals surface area contributed by atoms with E-state index in [1.165, 1.54) is 28.6 Å². The highest BCUT2D eigenvalue weighted by Gasteiger charge is 2.31. The van der Waals surface area contributed by atoms with Crippen molar-refractivity contribution in [2.75, 3.05) is 0 Å². The molecule has 0 spiro atoms. The molecular weight excluding hydrogens is 212 g/mol. The predicted molar refractivity (Wildman–Crippen MR) is 71.8 cm³/mol. The lowest BCUT2D eigenvalue weighted by Crippen LogP contribution is -2.42. The number of hydrogen-bond acceptors (Lipinski definition) is 1. The van der Waals surface area contributed by atoms with Gasteiger partial charge in [0.05, 0.1) is 0 Å². The molecule has 1 aromatic rings. The van der Waals surface area contributed by atoms with Crippen LogP contribution in [0.5, 0.6) is 0 Å². The second kappa shape index (κ2) is 4.46. The summed E-state index contributed by atoms with van der Waals surface area (Å²) in [7, 11) is -1.49. The van der Waals surface area contributed by atoms with Crippen LogP contribution in [-0.2, 0) is 4.43 Å². The minimum atomic E-state index is -1.49. The quantitative estimate of drug-likeness (QED) is 0.709. The van der Waals surface area contributed by atoms with Crippen molar-refractivity contribution in [2.45, 2.75) is 38.9 Å². The van der Waals surface area contributed by atoms with Gasteiger partial charge in [-0.25, -0.2) is 0 Å². The zero-order chi connectivity index (χ0) is 11.6. The van der Waals surface area contributed by atoms with E-state index in [1.807, 2.05) is 0 Å². The maximum absolute atomic E-state index is 6.35. The molecule has 0 aliphatic heterocycles. The van der Waals surface area contributed by atoms with Crippen LogP contribution in [0.3, 0.4) is 0 Å². The lowest BCUT2D eigenvalue weighted by molar-refractivity contribution is 0.492. The molecule has 0 aromatic heterocycles. The van der Waals surface area contributed by atoms with Crippen molar-refractivity contribution in [1.29, 1.82) is 0 Å². The molecule has 0 amide bonds. The summed E-state index contributed by atoms with van der Waals surface area (Å²) in [5.41, 5.74) is 0. The van der Waals surface area contributed by atoms with Crippen LogP contribution < -0.4 is 10.4 Å². The molecule has 0 atom stereocenters. The standard InChI is InChI=1S/C14H20OSi/c1-4-16(5-2,6-3)15-14-11-12-9-7-8-10-13(12)14/h7-11H,4-6H2,1-3H3. The van der Waals surface area contributed by atoms with Gasteiger partial charge < -0.3 is 4.43 Å². The van der Waals surface area contributed by atoms with E-state index in [2.05, 4.69) is 51.1 Å². The van der Waals surface area contributed by atoms with E-state index >= 15 is 0 Å². The molecule has 2 heteroatoms. The zero-order valence-electron chi connectivity index (χ0n) is 10.4. The third-order valence-corrected chi connectivity index (χ3v) is 8.29. The largest absolute Gasteiger partial charge is 0.543 e. The first-order valence-electron chi connectivity index (χ1n) is 6.24. The van der Waals surface area contributed by atoms with Gasteiger partial charge in [0.1, 0.15) is 5.76 Å². The molecule has 0 saturated heterocycles. The number of rotatable bonds is 5. The fraction of sp³-hybridized carbons (Fsp3) is 0.429. The van der Waals surface area contributed by atoms with Crippen LogP contribution in [0.15, 0.2) is 24.3 Å². The molecule has 0 saturated carbocycles. The topological polar surface area (TPSA) is 9.23 Å². The number of fused-ring (bicyclic) bond motifs is 1. The molecule has 16 heavy (non-hydrogen) atoms. The van der Waals surface area contributed by atoms with E-state index in [0.717, 1.165) is 5.76 Å². The first kappa shape index (κ1) is 11.5. The smallest absolute Gasteiger partial charge is 0.250 e. The fourth-order valence-corrected chi connectivity index (χ4v) is 4.84. The molecule has 0 radical (unpaired) electrons. The molecule has 0 fully saturated rings. The molecule has 0 unspecified atom stereocenters. The van der Waals surface area contributed by atoms with E-state index in [4.69, 9.17) is 4.43 Å². The molecule has 86 valence electrons. The molecule has 1 aliphatic rings. The summed E-state index contributed by atoms with van der Waals surface area (Å²) in [6.45, 7) is 6.80. The molecular formula is C14H20OSi. The molecule has 1 aliphatic carbocycles. The van der Waals surface area contributed by atoms with Crippen LogP contribution >= 0.6 is 0 Å². The molecule has 0 bridgehead atoms. The second-order valence-electron chi connectivity index (χ2n) is 4.44. The predicted octanol–water partition coefficient (Wildman–Crippen LogP) is 2.61. The highest BCUT2D eigenvalue weighted by atomic mass is 28.4. The highest BCUT2D eigenvalue weighted by molar-refractivity contribution is 6.74. The third-order valence-electron chi connectivity index (χ3n) is 3.77. The van der Waals surface area contributed by atoms with Crippen LogP contribution in [0, 0.1) is 0 Å². The van der Waals surface area contributed by atoms with Gasteiger partial charge in [-0.3, -0.25) is 0 Å². The minimum absolute atomic E-state index is 1.13. The van der Waals surface area contributed by atoms with Crippen molar-refractivity contribution in [1.82, 2.24) is 0 Å². The highest BCUT2D eigenvalue weighted by Crippen LogP contribution is 2.25. The van der Waals surface area contributed by atoms with Crippen molar-refractivity contribution in [3.63, 3.8) is 0 Å². The Morgan fingerprint density at radius 2 is 1.62 bits per heavy atom. The lowest BCUT2D eigenvalue weighted by atomic mass is 10.1. The third kappa shape index (κ3) is 1.82. The zero-order valence-corrected chi connectivity index (χ0v) is 11.4. The Morgan fingerprint density at radius 3 is 2.19 bits per heavy atom. The van der Waals surface area contributed by atoms with Gasteiger partial charge >= 0.3 is 0 Å². The van der Waals surface area contributed by atoms with Gasteiger partial charge in [0.15, 0.2) is 0 Å². The summed E-state index contributed by atoms with van der Waals surface area (Å²) in [6, 6.07) is 12.1. The van der Waals surface area contributed by atoms with Crippen molar-refractivity contribution in [3.8, 4) is 0 Å². The van der Waals surface area contributed by atoms with Crippen LogP contribution in [0.25, 0.3) is 11.8 Å². The van der Waals surface area contributed by atoms with Crippen LogP contribution in [0.1, 0.15) is 20.8 Å². The lowest BCUT2D eigenvalue weighted by Gasteiger charge is -2.31. The van der Waals surface area contributed by atoms with Crippen LogP contribution in [0.4, 0.5) is 0 Å². The Bertz CT molecular complexity index is 477. The molecule has 1 aromatic carbocycles. The Labute approximate surface area is 98.6 Å². The van der Waals surface area contributed by atoms with Crippen molar-refractivity contribution in [2.24, 2.45) is 0 Å². The number of benzene rings is 1. The summed E-state index contributed by atoms with van der Waals surface area (Å²) < 4.78 is 6.35. The summed E-state index contributed by atoms with van der Waals surface area (Å²) in [4.78, 5) is 0. The maximum atomic E-state index is 6.35. The summed E-state index contributed by atoms with van der Waals surface area (Å²) >= 11 is 0. The van der Waals surface area contributed by atoms with E-state index in [9.17, 15) is 0 Å². The van der Waals surface area contributed by atoms with E-state index in [-0.39, 0.29) is 0 Å². The Morgan fingerprint density at radius 1 is 1.00 bits per heavy atom. The van der Waals surface area contributed by atoms with Gasteiger partial charge in [-0.05, 0) is 29.4 Å². The average molecular weight is 232 g/mol. The Balaban J connectivity index is 2.27. The first-order chi connectivity index (χ1) is 7.74. The van der Waals surface area contributed by atoms with Crippen molar-refractivity contribution in [3.05, 3.63) is 34.7 Å². The average Bonchev–Trinajstić information content (AvgIpc) is 2.32. The molecule has 0 N–H and O–H groups in total. The van der Waals surface area contributed by atoms with E-state index in [1.54, 1.807) is 0 Å². The SMILES string of the molecule is CC[Si](CC)(CC)OC1=c2ccccc2=C1. The van der Waals surface area contributed by atoms with Gasteiger partial charge in [-0.1, -0.05) is 45.0 Å². The Hall–Kier alpha value is -1.02. The van der Waals surface area contributed by atoms with Crippen molar-refractivity contribution >= 4 is 20.2 Å². The summed E-state index contributed by atoms with van der Waals surface area (Å²) in [6.07, 6.45) is 2.18. The van der Waals surface area contributed by atoms with Crippen molar-refractivity contribution < 1.29 is 4.43 Å². The van der Waals surface area contributed by atoms with E-state index in [0.29, 0.717) is 0 Å². The normalized spacial score (nSPS) is 13.8. The maximum Gasteiger partial charge on any atom is 0.250 e. The van der Waals surface area contributed by atoms with Gasteiger partial charge in [0.2, 0.25) is 0 Å². The summed E-state index contributed by atoms with van der Waals surface area (Å²) in [5.74, 6) is 1.13. The van der Waals surface area contributed by atoms with E-state index < -0.39 is 8.32 Å². The van der Waals surface area contributed by atoms with Gasteiger partial charge in [-0.2, -0.15) is 0 Å². The molecule has 2 rings (SSSR count).